The number of hydrogen-bond acceptors (Lipinski definition) is 4. The third-order valence-corrected chi connectivity index (χ3v) is 4.69. The molecule has 0 bridgehead atoms. The van der Waals surface area contributed by atoms with Crippen molar-refractivity contribution in [1.82, 2.24) is 4.90 Å². The molecule has 1 aliphatic rings. The Kier molecular flexibility index (Phi) is 5.53. The van der Waals surface area contributed by atoms with Gasteiger partial charge in [-0.25, -0.2) is 0 Å². The summed E-state index contributed by atoms with van der Waals surface area (Å²) in [6.45, 7) is 1.23. The molecule has 132 valence electrons. The predicted octanol–water partition coefficient (Wildman–Crippen LogP) is 3.29. The highest BCUT2D eigenvalue weighted by Crippen LogP contribution is 2.23. The molecule has 5 nitrogen and oxygen atoms in total. The molecule has 0 radical (unpaired) electrons. The first-order valence-electron chi connectivity index (χ1n) is 8.67. The Morgan fingerprint density at radius 3 is 2.52 bits per heavy atom. The van der Waals surface area contributed by atoms with Gasteiger partial charge in [0.25, 0.3) is 0 Å². The fraction of sp³-hybridized carbons (Fsp3) is 0.400. The summed E-state index contributed by atoms with van der Waals surface area (Å²) in [6.07, 6.45) is 2.36. The molecule has 0 atom stereocenters. The number of amides is 1. The minimum atomic E-state index is -0.170. The van der Waals surface area contributed by atoms with Crippen molar-refractivity contribution in [3.05, 3.63) is 48.2 Å². The number of methoxy groups -OCH3 is 1. The number of esters is 1. The van der Waals surface area contributed by atoms with E-state index in [0.29, 0.717) is 38.8 Å². The molecule has 0 unspecified atom stereocenters. The highest BCUT2D eigenvalue weighted by atomic mass is 16.5. The molecule has 1 aromatic carbocycles. The van der Waals surface area contributed by atoms with Crippen LogP contribution in [0.15, 0.2) is 46.9 Å². The van der Waals surface area contributed by atoms with Crippen LogP contribution in [-0.4, -0.2) is 37.0 Å². The van der Waals surface area contributed by atoms with Crippen molar-refractivity contribution in [2.75, 3.05) is 20.2 Å². The van der Waals surface area contributed by atoms with Crippen LogP contribution in [0.2, 0.25) is 0 Å². The average molecular weight is 341 g/mol. The molecule has 0 aliphatic carbocycles. The summed E-state index contributed by atoms with van der Waals surface area (Å²) in [7, 11) is 1.41. The summed E-state index contributed by atoms with van der Waals surface area (Å²) < 4.78 is 10.6. The van der Waals surface area contributed by atoms with Crippen LogP contribution in [0.3, 0.4) is 0 Å². The molecule has 1 amide bonds. The number of aryl methyl sites for hydroxylation is 1. The first-order valence-corrected chi connectivity index (χ1v) is 8.67. The van der Waals surface area contributed by atoms with Gasteiger partial charge in [0, 0.05) is 31.5 Å². The monoisotopic (exact) mass is 341 g/mol. The largest absolute Gasteiger partial charge is 0.469 e. The SMILES string of the molecule is COC(=O)C1CCN(C(=O)CCc2ccc(-c3ccccc3)o2)CC1. The second-order valence-corrected chi connectivity index (χ2v) is 6.31. The van der Waals surface area contributed by atoms with Gasteiger partial charge in [0.1, 0.15) is 11.5 Å². The number of carbonyl (C=O) groups excluding carboxylic acids is 2. The van der Waals surface area contributed by atoms with Crippen LogP contribution < -0.4 is 0 Å². The van der Waals surface area contributed by atoms with Crippen LogP contribution in [0.4, 0.5) is 0 Å². The van der Waals surface area contributed by atoms with E-state index in [4.69, 9.17) is 9.15 Å². The topological polar surface area (TPSA) is 59.8 Å². The van der Waals surface area contributed by atoms with Crippen molar-refractivity contribution < 1.29 is 18.7 Å². The van der Waals surface area contributed by atoms with Gasteiger partial charge in [0.05, 0.1) is 13.0 Å². The number of carbonyl (C=O) groups is 2. The molecule has 1 aromatic heterocycles. The molecule has 0 saturated carbocycles. The number of piperidine rings is 1. The van der Waals surface area contributed by atoms with E-state index < -0.39 is 0 Å². The molecule has 2 aromatic rings. The van der Waals surface area contributed by atoms with E-state index in [0.717, 1.165) is 17.1 Å². The molecule has 2 heterocycles. The van der Waals surface area contributed by atoms with Gasteiger partial charge in [-0.15, -0.1) is 0 Å². The second kappa shape index (κ2) is 8.01. The van der Waals surface area contributed by atoms with E-state index in [1.165, 1.54) is 7.11 Å². The molecule has 25 heavy (non-hydrogen) atoms. The summed E-state index contributed by atoms with van der Waals surface area (Å²) >= 11 is 0. The van der Waals surface area contributed by atoms with Crippen LogP contribution in [0.1, 0.15) is 25.0 Å². The van der Waals surface area contributed by atoms with E-state index in [9.17, 15) is 9.59 Å². The maximum Gasteiger partial charge on any atom is 0.308 e. The van der Waals surface area contributed by atoms with Gasteiger partial charge in [-0.1, -0.05) is 30.3 Å². The highest BCUT2D eigenvalue weighted by Gasteiger charge is 2.27. The van der Waals surface area contributed by atoms with E-state index in [-0.39, 0.29) is 17.8 Å². The Bertz CT molecular complexity index is 714. The lowest BCUT2D eigenvalue weighted by Gasteiger charge is -2.30. The molecular formula is C20H23NO4. The van der Waals surface area contributed by atoms with Crippen LogP contribution >= 0.6 is 0 Å². The minimum Gasteiger partial charge on any atom is -0.469 e. The summed E-state index contributed by atoms with van der Waals surface area (Å²) in [6, 6.07) is 13.8. The van der Waals surface area contributed by atoms with Crippen molar-refractivity contribution in [3.63, 3.8) is 0 Å². The van der Waals surface area contributed by atoms with Crippen molar-refractivity contribution in [2.45, 2.75) is 25.7 Å². The number of ether oxygens (including phenoxy) is 1. The molecule has 1 fully saturated rings. The van der Waals surface area contributed by atoms with Gasteiger partial charge >= 0.3 is 5.97 Å². The number of benzene rings is 1. The van der Waals surface area contributed by atoms with Crippen molar-refractivity contribution >= 4 is 11.9 Å². The maximum absolute atomic E-state index is 12.4. The minimum absolute atomic E-state index is 0.0763. The van der Waals surface area contributed by atoms with Gasteiger partial charge < -0.3 is 14.1 Å². The number of hydrogen-bond donors (Lipinski definition) is 0. The molecule has 1 saturated heterocycles. The summed E-state index contributed by atoms with van der Waals surface area (Å²) in [4.78, 5) is 25.7. The molecule has 0 spiro atoms. The van der Waals surface area contributed by atoms with E-state index in [1.54, 1.807) is 0 Å². The molecule has 0 N–H and O–H groups in total. The number of nitrogens with zero attached hydrogens (tertiary/aromatic N) is 1. The molecule has 1 aliphatic heterocycles. The van der Waals surface area contributed by atoms with Crippen molar-refractivity contribution in [2.24, 2.45) is 5.92 Å². The Hall–Kier alpha value is -2.56. The quantitative estimate of drug-likeness (QED) is 0.783. The smallest absolute Gasteiger partial charge is 0.308 e. The van der Waals surface area contributed by atoms with Crippen LogP contribution in [0.5, 0.6) is 0 Å². The Labute approximate surface area is 147 Å². The molecular weight excluding hydrogens is 318 g/mol. The highest BCUT2D eigenvalue weighted by molar-refractivity contribution is 5.77. The van der Waals surface area contributed by atoms with Gasteiger partial charge in [-0.05, 0) is 25.0 Å². The van der Waals surface area contributed by atoms with E-state index in [2.05, 4.69) is 0 Å². The van der Waals surface area contributed by atoms with E-state index in [1.807, 2.05) is 47.4 Å². The summed E-state index contributed by atoms with van der Waals surface area (Å²) in [5, 5.41) is 0. The lowest BCUT2D eigenvalue weighted by Crippen LogP contribution is -2.40. The summed E-state index contributed by atoms with van der Waals surface area (Å²) in [5.41, 5.74) is 1.03. The summed E-state index contributed by atoms with van der Waals surface area (Å²) in [5.74, 6) is 1.50. The Morgan fingerprint density at radius 2 is 1.84 bits per heavy atom. The Balaban J connectivity index is 1.49. The lowest BCUT2D eigenvalue weighted by atomic mass is 9.97. The first kappa shape index (κ1) is 17.3. The lowest BCUT2D eigenvalue weighted by molar-refractivity contribution is -0.148. The predicted molar refractivity (Wildman–Crippen MR) is 93.8 cm³/mol. The standard InChI is InChI=1S/C20H23NO4/c1-24-20(23)16-11-13-21(14-12-16)19(22)10-8-17-7-9-18(25-17)15-5-3-2-4-6-15/h2-7,9,16H,8,10-14H2,1H3. The fourth-order valence-corrected chi connectivity index (χ4v) is 3.19. The van der Waals surface area contributed by atoms with E-state index >= 15 is 0 Å². The van der Waals surface area contributed by atoms with Gasteiger partial charge in [-0.2, -0.15) is 0 Å². The maximum atomic E-state index is 12.4. The molecule has 3 rings (SSSR count). The van der Waals surface area contributed by atoms with Gasteiger partial charge in [0.2, 0.25) is 5.91 Å². The normalized spacial score (nSPS) is 15.2. The van der Waals surface area contributed by atoms with Crippen LogP contribution in [0.25, 0.3) is 11.3 Å². The Morgan fingerprint density at radius 1 is 1.12 bits per heavy atom. The van der Waals surface area contributed by atoms with Gasteiger partial charge in [0.15, 0.2) is 0 Å². The number of rotatable bonds is 5. The zero-order valence-corrected chi connectivity index (χ0v) is 14.4. The fourth-order valence-electron chi connectivity index (χ4n) is 3.19. The second-order valence-electron chi connectivity index (χ2n) is 6.31. The van der Waals surface area contributed by atoms with Crippen molar-refractivity contribution in [1.29, 1.82) is 0 Å². The molecule has 5 heteroatoms. The number of furan rings is 1. The zero-order chi connectivity index (χ0) is 17.6. The van der Waals surface area contributed by atoms with Gasteiger partial charge in [-0.3, -0.25) is 9.59 Å². The third kappa shape index (κ3) is 4.29. The third-order valence-electron chi connectivity index (χ3n) is 4.69. The van der Waals surface area contributed by atoms with Crippen LogP contribution in [0, 0.1) is 5.92 Å². The van der Waals surface area contributed by atoms with Crippen molar-refractivity contribution in [3.8, 4) is 11.3 Å². The van der Waals surface area contributed by atoms with Crippen LogP contribution in [-0.2, 0) is 20.7 Å². The average Bonchev–Trinajstić information content (AvgIpc) is 3.15. The number of likely N-dealkylation sites (tertiary alicyclic amines) is 1. The zero-order valence-electron chi connectivity index (χ0n) is 14.4. The first-order chi connectivity index (χ1) is 12.2.